The summed E-state index contributed by atoms with van der Waals surface area (Å²) in [6.07, 6.45) is 0. The van der Waals surface area contributed by atoms with Gasteiger partial charge in [0, 0.05) is 15.7 Å². The number of aromatic nitrogens is 2. The molecule has 1 amide bonds. The lowest BCUT2D eigenvalue weighted by atomic mass is 10.1. The lowest BCUT2D eigenvalue weighted by Crippen LogP contribution is -2.15. The largest absolute Gasteiger partial charge is 0.495 e. The van der Waals surface area contributed by atoms with E-state index in [9.17, 15) is 4.79 Å². The number of hydrogen-bond donors (Lipinski definition) is 1. The molecule has 150 valence electrons. The summed E-state index contributed by atoms with van der Waals surface area (Å²) >= 11 is 11.7. The van der Waals surface area contributed by atoms with Gasteiger partial charge in [0.15, 0.2) is 5.16 Å². The Hall–Kier alpha value is -1.42. The van der Waals surface area contributed by atoms with E-state index in [2.05, 4.69) is 63.1 Å². The standard InChI is InChI=1S/C20H16Br3N3O2S/c1-11-8-14(12-6-4-3-5-7-12)25-20(24-11)29-10-16(27)26-19-13(21)9-15(28-2)17(22)18(19)23/h3-9H,10H2,1-2H3,(H,26,27). The molecule has 0 aliphatic rings. The molecule has 3 rings (SSSR count). The molecule has 1 heterocycles. The fourth-order valence-corrected chi connectivity index (χ4v) is 4.96. The van der Waals surface area contributed by atoms with Crippen molar-refractivity contribution in [2.24, 2.45) is 0 Å². The van der Waals surface area contributed by atoms with Crippen LogP contribution < -0.4 is 10.1 Å². The van der Waals surface area contributed by atoms with E-state index >= 15 is 0 Å². The molecule has 0 aliphatic heterocycles. The molecule has 3 aromatic rings. The van der Waals surface area contributed by atoms with E-state index in [4.69, 9.17) is 4.74 Å². The maximum atomic E-state index is 12.5. The molecule has 1 aromatic heterocycles. The molecule has 0 unspecified atom stereocenters. The first-order valence-electron chi connectivity index (χ1n) is 8.44. The lowest BCUT2D eigenvalue weighted by molar-refractivity contribution is -0.113. The molecule has 0 fully saturated rings. The Bertz CT molecular complexity index is 1050. The van der Waals surface area contributed by atoms with Crippen LogP contribution in [0.25, 0.3) is 11.3 Å². The molecule has 0 saturated carbocycles. The van der Waals surface area contributed by atoms with Gasteiger partial charge in [-0.25, -0.2) is 9.97 Å². The zero-order valence-electron chi connectivity index (χ0n) is 15.5. The highest BCUT2D eigenvalue weighted by Crippen LogP contribution is 2.43. The average molecular weight is 602 g/mol. The third-order valence-electron chi connectivity index (χ3n) is 3.85. The molecular formula is C20H16Br3N3O2S. The summed E-state index contributed by atoms with van der Waals surface area (Å²) in [7, 11) is 1.58. The van der Waals surface area contributed by atoms with Crippen molar-refractivity contribution in [1.82, 2.24) is 9.97 Å². The summed E-state index contributed by atoms with van der Waals surface area (Å²) in [5.41, 5.74) is 3.33. The van der Waals surface area contributed by atoms with Crippen molar-refractivity contribution in [3.63, 3.8) is 0 Å². The number of hydrogen-bond acceptors (Lipinski definition) is 5. The molecule has 29 heavy (non-hydrogen) atoms. The predicted octanol–water partition coefficient (Wildman–Crippen LogP) is 6.48. The second-order valence-corrected chi connectivity index (χ2v) is 9.33. The molecule has 0 saturated heterocycles. The summed E-state index contributed by atoms with van der Waals surface area (Å²) in [6, 6.07) is 13.6. The van der Waals surface area contributed by atoms with E-state index in [1.165, 1.54) is 11.8 Å². The number of aryl methyl sites for hydroxylation is 1. The molecule has 5 nitrogen and oxygen atoms in total. The zero-order chi connectivity index (χ0) is 21.0. The number of halogens is 3. The number of nitrogens with zero attached hydrogens (tertiary/aromatic N) is 2. The number of anilines is 1. The first-order valence-corrected chi connectivity index (χ1v) is 11.8. The number of amides is 1. The number of thioether (sulfide) groups is 1. The van der Waals surface area contributed by atoms with Crippen molar-refractivity contribution in [2.75, 3.05) is 18.2 Å². The first kappa shape index (κ1) is 22.3. The van der Waals surface area contributed by atoms with Crippen molar-refractivity contribution in [3.05, 3.63) is 61.6 Å². The van der Waals surface area contributed by atoms with Crippen LogP contribution in [0, 0.1) is 6.92 Å². The van der Waals surface area contributed by atoms with Gasteiger partial charge in [-0.15, -0.1) is 0 Å². The summed E-state index contributed by atoms with van der Waals surface area (Å²) in [5, 5.41) is 3.47. The smallest absolute Gasteiger partial charge is 0.234 e. The minimum atomic E-state index is -0.167. The number of carbonyl (C=O) groups excluding carboxylic acids is 1. The van der Waals surface area contributed by atoms with Gasteiger partial charge in [-0.3, -0.25) is 4.79 Å². The highest BCUT2D eigenvalue weighted by atomic mass is 79.9. The van der Waals surface area contributed by atoms with Gasteiger partial charge in [-0.2, -0.15) is 0 Å². The van der Waals surface area contributed by atoms with Gasteiger partial charge in [-0.1, -0.05) is 42.1 Å². The van der Waals surface area contributed by atoms with E-state index in [0.717, 1.165) is 21.4 Å². The van der Waals surface area contributed by atoms with Gasteiger partial charge >= 0.3 is 0 Å². The van der Waals surface area contributed by atoms with E-state index in [1.807, 2.05) is 43.3 Å². The maximum absolute atomic E-state index is 12.5. The Morgan fingerprint density at radius 1 is 1.10 bits per heavy atom. The summed E-state index contributed by atoms with van der Waals surface area (Å²) in [6.45, 7) is 1.92. The van der Waals surface area contributed by atoms with Crippen LogP contribution in [-0.2, 0) is 4.79 Å². The maximum Gasteiger partial charge on any atom is 0.234 e. The predicted molar refractivity (Wildman–Crippen MR) is 128 cm³/mol. The van der Waals surface area contributed by atoms with Crippen molar-refractivity contribution in [1.29, 1.82) is 0 Å². The van der Waals surface area contributed by atoms with Gasteiger partial charge in [0.1, 0.15) is 5.75 Å². The van der Waals surface area contributed by atoms with E-state index < -0.39 is 0 Å². The number of carbonyl (C=O) groups is 1. The second kappa shape index (κ2) is 10.1. The Morgan fingerprint density at radius 3 is 2.52 bits per heavy atom. The quantitative estimate of drug-likeness (QED) is 0.199. The van der Waals surface area contributed by atoms with Gasteiger partial charge in [0.2, 0.25) is 5.91 Å². The van der Waals surface area contributed by atoms with Crippen LogP contribution in [0.3, 0.4) is 0 Å². The van der Waals surface area contributed by atoms with Gasteiger partial charge in [0.05, 0.1) is 33.2 Å². The number of nitrogens with one attached hydrogen (secondary N) is 1. The molecule has 0 bridgehead atoms. The fraction of sp³-hybridized carbons (Fsp3) is 0.150. The highest BCUT2D eigenvalue weighted by molar-refractivity contribution is 9.13. The van der Waals surface area contributed by atoms with E-state index in [1.54, 1.807) is 13.2 Å². The summed E-state index contributed by atoms with van der Waals surface area (Å²) < 4.78 is 7.42. The minimum absolute atomic E-state index is 0.167. The van der Waals surface area contributed by atoms with Crippen molar-refractivity contribution in [3.8, 4) is 17.0 Å². The minimum Gasteiger partial charge on any atom is -0.495 e. The molecule has 0 spiro atoms. The normalized spacial score (nSPS) is 10.7. The van der Waals surface area contributed by atoms with Crippen molar-refractivity contribution >= 4 is 71.1 Å². The first-order chi connectivity index (χ1) is 13.9. The van der Waals surface area contributed by atoms with Crippen LogP contribution in [0.4, 0.5) is 5.69 Å². The fourth-order valence-electron chi connectivity index (χ4n) is 2.50. The zero-order valence-corrected chi connectivity index (χ0v) is 21.1. The summed E-state index contributed by atoms with van der Waals surface area (Å²) in [4.78, 5) is 21.5. The Balaban J connectivity index is 1.72. The lowest BCUT2D eigenvalue weighted by Gasteiger charge is -2.14. The van der Waals surface area contributed by atoms with Crippen LogP contribution in [-0.4, -0.2) is 28.7 Å². The number of rotatable bonds is 6. The van der Waals surface area contributed by atoms with Crippen LogP contribution in [0.1, 0.15) is 5.69 Å². The molecular weight excluding hydrogens is 586 g/mol. The highest BCUT2D eigenvalue weighted by Gasteiger charge is 2.17. The van der Waals surface area contributed by atoms with Crippen LogP contribution in [0.15, 0.2) is 61.0 Å². The molecule has 0 radical (unpaired) electrons. The Morgan fingerprint density at radius 2 is 1.83 bits per heavy atom. The van der Waals surface area contributed by atoms with Crippen molar-refractivity contribution in [2.45, 2.75) is 12.1 Å². The Labute approximate surface area is 198 Å². The number of benzene rings is 2. The molecule has 2 aromatic carbocycles. The van der Waals surface area contributed by atoms with Crippen LogP contribution in [0.2, 0.25) is 0 Å². The van der Waals surface area contributed by atoms with Crippen molar-refractivity contribution < 1.29 is 9.53 Å². The second-order valence-electron chi connectivity index (χ2n) is 5.94. The third-order valence-corrected chi connectivity index (χ3v) is 7.43. The van der Waals surface area contributed by atoms with Gasteiger partial charge < -0.3 is 10.1 Å². The summed E-state index contributed by atoms with van der Waals surface area (Å²) in [5.74, 6) is 0.665. The SMILES string of the molecule is COc1cc(Br)c(NC(=O)CSc2nc(C)cc(-c3ccccc3)n2)c(Br)c1Br. The van der Waals surface area contributed by atoms with E-state index in [0.29, 0.717) is 25.5 Å². The monoisotopic (exact) mass is 599 g/mol. The average Bonchev–Trinajstić information content (AvgIpc) is 2.72. The van der Waals surface area contributed by atoms with Crippen LogP contribution in [0.5, 0.6) is 5.75 Å². The molecule has 1 N–H and O–H groups in total. The molecule has 9 heteroatoms. The van der Waals surface area contributed by atoms with Gasteiger partial charge in [-0.05, 0) is 66.8 Å². The number of methoxy groups -OCH3 is 1. The third kappa shape index (κ3) is 5.59. The molecule has 0 atom stereocenters. The van der Waals surface area contributed by atoms with E-state index in [-0.39, 0.29) is 11.7 Å². The topological polar surface area (TPSA) is 64.1 Å². The van der Waals surface area contributed by atoms with Gasteiger partial charge in [0.25, 0.3) is 0 Å². The Kier molecular flexibility index (Phi) is 7.72. The van der Waals surface area contributed by atoms with Crippen LogP contribution >= 0.6 is 59.6 Å². The molecule has 0 aliphatic carbocycles. The number of ether oxygens (including phenoxy) is 1.